The Labute approximate surface area is 99.3 Å². The van der Waals surface area contributed by atoms with Crippen LogP contribution in [-0.2, 0) is 13.1 Å². The minimum absolute atomic E-state index is 0.768. The lowest BCUT2D eigenvalue weighted by Gasteiger charge is -1.98. The Balaban J connectivity index is 1.97. The predicted octanol–water partition coefficient (Wildman–Crippen LogP) is 1.81. The maximum absolute atomic E-state index is 4.47. The SMILES string of the molecule is CCNCc1ccn(Cc2nc(C)cs2)n1. The lowest BCUT2D eigenvalue weighted by Crippen LogP contribution is -2.12. The van der Waals surface area contributed by atoms with Crippen molar-refractivity contribution in [2.75, 3.05) is 6.54 Å². The summed E-state index contributed by atoms with van der Waals surface area (Å²) in [5, 5.41) is 10.9. The highest BCUT2D eigenvalue weighted by atomic mass is 32.1. The summed E-state index contributed by atoms with van der Waals surface area (Å²) in [7, 11) is 0. The third-order valence-electron chi connectivity index (χ3n) is 2.22. The first kappa shape index (κ1) is 11.3. The van der Waals surface area contributed by atoms with Gasteiger partial charge in [-0.15, -0.1) is 11.3 Å². The van der Waals surface area contributed by atoms with Gasteiger partial charge in [0, 0.05) is 23.8 Å². The van der Waals surface area contributed by atoms with Gasteiger partial charge < -0.3 is 5.32 Å². The molecule has 4 nitrogen and oxygen atoms in total. The zero-order chi connectivity index (χ0) is 11.4. The van der Waals surface area contributed by atoms with Crippen LogP contribution >= 0.6 is 11.3 Å². The van der Waals surface area contributed by atoms with Crippen molar-refractivity contribution in [3.63, 3.8) is 0 Å². The smallest absolute Gasteiger partial charge is 0.114 e. The minimum atomic E-state index is 0.768. The standard InChI is InChI=1S/C11H16N4S/c1-3-12-6-10-4-5-15(14-10)7-11-13-9(2)8-16-11/h4-5,8,12H,3,6-7H2,1-2H3. The topological polar surface area (TPSA) is 42.7 Å². The average Bonchev–Trinajstić information content (AvgIpc) is 2.86. The molecule has 0 amide bonds. The monoisotopic (exact) mass is 236 g/mol. The first-order valence-corrected chi connectivity index (χ1v) is 6.30. The fraction of sp³-hybridized carbons (Fsp3) is 0.455. The van der Waals surface area contributed by atoms with Crippen LogP contribution in [0.2, 0.25) is 0 Å². The highest BCUT2D eigenvalue weighted by molar-refractivity contribution is 7.09. The van der Waals surface area contributed by atoms with Crippen LogP contribution in [0.15, 0.2) is 17.6 Å². The van der Waals surface area contributed by atoms with Crippen LogP contribution in [-0.4, -0.2) is 21.3 Å². The number of hydrogen-bond donors (Lipinski definition) is 1. The quantitative estimate of drug-likeness (QED) is 0.861. The van der Waals surface area contributed by atoms with Crippen LogP contribution in [0, 0.1) is 6.92 Å². The van der Waals surface area contributed by atoms with E-state index in [0.717, 1.165) is 36.0 Å². The summed E-state index contributed by atoms with van der Waals surface area (Å²) >= 11 is 1.68. The van der Waals surface area contributed by atoms with Gasteiger partial charge in [-0.1, -0.05) is 6.92 Å². The van der Waals surface area contributed by atoms with Gasteiger partial charge in [0.1, 0.15) is 5.01 Å². The number of aryl methyl sites for hydroxylation is 1. The molecule has 0 bridgehead atoms. The van der Waals surface area contributed by atoms with E-state index in [0.29, 0.717) is 0 Å². The van der Waals surface area contributed by atoms with E-state index in [4.69, 9.17) is 0 Å². The van der Waals surface area contributed by atoms with E-state index in [1.165, 1.54) is 0 Å². The van der Waals surface area contributed by atoms with E-state index in [-0.39, 0.29) is 0 Å². The van der Waals surface area contributed by atoms with Gasteiger partial charge >= 0.3 is 0 Å². The lowest BCUT2D eigenvalue weighted by atomic mass is 10.4. The van der Waals surface area contributed by atoms with Crippen molar-refractivity contribution in [1.29, 1.82) is 0 Å². The van der Waals surface area contributed by atoms with Gasteiger partial charge in [-0.05, 0) is 19.5 Å². The molecule has 0 radical (unpaired) electrons. The van der Waals surface area contributed by atoms with Gasteiger partial charge in [0.25, 0.3) is 0 Å². The first-order valence-electron chi connectivity index (χ1n) is 5.42. The number of nitrogens with one attached hydrogen (secondary N) is 1. The van der Waals surface area contributed by atoms with Gasteiger partial charge in [0.2, 0.25) is 0 Å². The van der Waals surface area contributed by atoms with Gasteiger partial charge in [-0.2, -0.15) is 5.10 Å². The molecular formula is C11H16N4S. The van der Waals surface area contributed by atoms with Crippen LogP contribution in [0.5, 0.6) is 0 Å². The third-order valence-corrected chi connectivity index (χ3v) is 3.17. The first-order chi connectivity index (χ1) is 7.78. The van der Waals surface area contributed by atoms with Crippen LogP contribution in [0.4, 0.5) is 0 Å². The fourth-order valence-corrected chi connectivity index (χ4v) is 2.22. The molecule has 1 N–H and O–H groups in total. The van der Waals surface area contributed by atoms with Crippen molar-refractivity contribution < 1.29 is 0 Å². The molecule has 2 heterocycles. The molecular weight excluding hydrogens is 220 g/mol. The summed E-state index contributed by atoms with van der Waals surface area (Å²) in [6.07, 6.45) is 2.00. The second-order valence-corrected chi connectivity index (χ2v) is 4.61. The Hall–Kier alpha value is -1.20. The number of nitrogens with zero attached hydrogens (tertiary/aromatic N) is 3. The third kappa shape index (κ3) is 2.90. The van der Waals surface area contributed by atoms with E-state index in [1.807, 2.05) is 23.9 Å². The number of hydrogen-bond acceptors (Lipinski definition) is 4. The normalized spacial score (nSPS) is 10.9. The summed E-state index contributed by atoms with van der Waals surface area (Å²) in [5.74, 6) is 0. The average molecular weight is 236 g/mol. The Morgan fingerprint density at radius 2 is 2.38 bits per heavy atom. The number of rotatable bonds is 5. The second-order valence-electron chi connectivity index (χ2n) is 3.67. The largest absolute Gasteiger partial charge is 0.311 e. The van der Waals surface area contributed by atoms with E-state index < -0.39 is 0 Å². The Kier molecular flexibility index (Phi) is 3.69. The molecule has 0 saturated carbocycles. The molecule has 0 aliphatic rings. The summed E-state index contributed by atoms with van der Waals surface area (Å²) < 4.78 is 1.94. The molecule has 5 heteroatoms. The zero-order valence-corrected chi connectivity index (χ0v) is 10.4. The molecule has 0 aliphatic heterocycles. The predicted molar refractivity (Wildman–Crippen MR) is 65.6 cm³/mol. The summed E-state index contributed by atoms with van der Waals surface area (Å²) in [6, 6.07) is 2.04. The molecule has 2 rings (SSSR count). The molecule has 2 aromatic rings. The number of aromatic nitrogens is 3. The molecule has 16 heavy (non-hydrogen) atoms. The molecule has 0 saturated heterocycles. The maximum atomic E-state index is 4.47. The summed E-state index contributed by atoms with van der Waals surface area (Å²) in [6.45, 7) is 6.68. The molecule has 0 aliphatic carbocycles. The van der Waals surface area contributed by atoms with Crippen LogP contribution < -0.4 is 5.32 Å². The number of thiazole rings is 1. The molecule has 0 fully saturated rings. The molecule has 0 atom stereocenters. The van der Waals surface area contributed by atoms with Crippen molar-refractivity contribution >= 4 is 11.3 Å². The van der Waals surface area contributed by atoms with Gasteiger partial charge in [0.05, 0.1) is 12.2 Å². The Morgan fingerprint density at radius 1 is 1.50 bits per heavy atom. The lowest BCUT2D eigenvalue weighted by molar-refractivity contribution is 0.642. The van der Waals surface area contributed by atoms with Crippen molar-refractivity contribution in [3.8, 4) is 0 Å². The molecule has 86 valence electrons. The van der Waals surface area contributed by atoms with Gasteiger partial charge in [-0.3, -0.25) is 4.68 Å². The zero-order valence-electron chi connectivity index (χ0n) is 9.60. The van der Waals surface area contributed by atoms with Crippen molar-refractivity contribution in [1.82, 2.24) is 20.1 Å². The van der Waals surface area contributed by atoms with Crippen molar-refractivity contribution in [2.24, 2.45) is 0 Å². The second kappa shape index (κ2) is 5.23. The Morgan fingerprint density at radius 3 is 3.06 bits per heavy atom. The van der Waals surface area contributed by atoms with E-state index in [2.05, 4.69) is 27.7 Å². The van der Waals surface area contributed by atoms with Gasteiger partial charge in [-0.25, -0.2) is 4.98 Å². The van der Waals surface area contributed by atoms with Crippen LogP contribution in [0.25, 0.3) is 0 Å². The highest BCUT2D eigenvalue weighted by Crippen LogP contribution is 2.10. The summed E-state index contributed by atoms with van der Waals surface area (Å²) in [4.78, 5) is 4.42. The van der Waals surface area contributed by atoms with E-state index in [9.17, 15) is 0 Å². The molecule has 0 aromatic carbocycles. The van der Waals surface area contributed by atoms with Crippen molar-refractivity contribution in [3.05, 3.63) is 34.0 Å². The van der Waals surface area contributed by atoms with Crippen molar-refractivity contribution in [2.45, 2.75) is 26.9 Å². The minimum Gasteiger partial charge on any atom is -0.311 e. The molecule has 0 unspecified atom stereocenters. The van der Waals surface area contributed by atoms with E-state index >= 15 is 0 Å². The molecule has 0 spiro atoms. The van der Waals surface area contributed by atoms with Crippen LogP contribution in [0.3, 0.4) is 0 Å². The van der Waals surface area contributed by atoms with Crippen LogP contribution in [0.1, 0.15) is 23.3 Å². The van der Waals surface area contributed by atoms with E-state index in [1.54, 1.807) is 11.3 Å². The highest BCUT2D eigenvalue weighted by Gasteiger charge is 2.02. The molecule has 2 aromatic heterocycles. The van der Waals surface area contributed by atoms with Gasteiger partial charge in [0.15, 0.2) is 0 Å². The Bertz CT molecular complexity index is 446. The fourth-order valence-electron chi connectivity index (χ4n) is 1.45. The maximum Gasteiger partial charge on any atom is 0.114 e. The summed E-state index contributed by atoms with van der Waals surface area (Å²) in [5.41, 5.74) is 2.16.